The Morgan fingerprint density at radius 3 is 2.26 bits per heavy atom. The Labute approximate surface area is 159 Å². The molecule has 0 fully saturated rings. The first kappa shape index (κ1) is 17.0. The van der Waals surface area contributed by atoms with E-state index in [2.05, 4.69) is 77.0 Å². The minimum Gasteiger partial charge on any atom is -0.261 e. The van der Waals surface area contributed by atoms with Crippen LogP contribution in [0.1, 0.15) is 18.1 Å². The summed E-state index contributed by atoms with van der Waals surface area (Å²) in [4.78, 5) is 4.64. The van der Waals surface area contributed by atoms with E-state index >= 15 is 0 Å². The largest absolute Gasteiger partial charge is 0.261 e. The van der Waals surface area contributed by atoms with Gasteiger partial charge in [0.2, 0.25) is 0 Å². The number of nitrogens with zero attached hydrogens (tertiary/aromatic N) is 2. The summed E-state index contributed by atoms with van der Waals surface area (Å²) < 4.78 is 0. The molecule has 0 amide bonds. The van der Waals surface area contributed by atoms with Crippen molar-refractivity contribution in [3.8, 4) is 11.1 Å². The van der Waals surface area contributed by atoms with Crippen molar-refractivity contribution in [2.24, 2.45) is 5.10 Å². The third-order valence-corrected chi connectivity index (χ3v) is 4.67. The molecule has 0 saturated carbocycles. The predicted molar refractivity (Wildman–Crippen MR) is 114 cm³/mol. The van der Waals surface area contributed by atoms with E-state index in [4.69, 9.17) is 0 Å². The van der Waals surface area contributed by atoms with Crippen molar-refractivity contribution in [1.82, 2.24) is 4.98 Å². The standard InChI is InChI=1S/C24H21N3/c1-17-16-24(25-23-11-7-6-10-22(17)23)27-26-18(2)19-12-14-21(15-13-19)20-8-4-3-5-9-20/h3-16H,1-2H3,(H,25,27). The SMILES string of the molecule is CC(=NNc1cc(C)c2ccccc2n1)c1ccc(-c2ccccc2)cc1. The molecule has 4 rings (SSSR count). The van der Waals surface area contributed by atoms with Gasteiger partial charge in [0.1, 0.15) is 5.82 Å². The molecule has 3 heteroatoms. The molecule has 0 aliphatic rings. The fraction of sp³-hybridized carbons (Fsp3) is 0.0833. The van der Waals surface area contributed by atoms with Crippen LogP contribution in [0.5, 0.6) is 0 Å². The number of anilines is 1. The monoisotopic (exact) mass is 351 g/mol. The molecule has 0 unspecified atom stereocenters. The Morgan fingerprint density at radius 2 is 1.48 bits per heavy atom. The zero-order valence-corrected chi connectivity index (χ0v) is 15.5. The van der Waals surface area contributed by atoms with Gasteiger partial charge in [-0.05, 0) is 48.2 Å². The van der Waals surface area contributed by atoms with Gasteiger partial charge in [-0.1, -0.05) is 72.8 Å². The molecule has 1 aromatic heterocycles. The molecule has 1 N–H and O–H groups in total. The number of fused-ring (bicyclic) bond motifs is 1. The number of rotatable bonds is 4. The van der Waals surface area contributed by atoms with Gasteiger partial charge in [-0.15, -0.1) is 0 Å². The molecule has 0 saturated heterocycles. The van der Waals surface area contributed by atoms with E-state index in [9.17, 15) is 0 Å². The normalized spacial score (nSPS) is 11.6. The van der Waals surface area contributed by atoms with Crippen LogP contribution in [0.2, 0.25) is 0 Å². The molecule has 0 radical (unpaired) electrons. The number of hydrogen-bond acceptors (Lipinski definition) is 3. The van der Waals surface area contributed by atoms with E-state index in [0.29, 0.717) is 0 Å². The molecule has 0 bridgehead atoms. The van der Waals surface area contributed by atoms with E-state index < -0.39 is 0 Å². The number of pyridine rings is 1. The van der Waals surface area contributed by atoms with Crippen LogP contribution in [0.3, 0.4) is 0 Å². The number of hydrogen-bond donors (Lipinski definition) is 1. The zero-order valence-electron chi connectivity index (χ0n) is 15.5. The van der Waals surface area contributed by atoms with Gasteiger partial charge in [-0.3, -0.25) is 5.43 Å². The van der Waals surface area contributed by atoms with Crippen molar-refractivity contribution in [1.29, 1.82) is 0 Å². The van der Waals surface area contributed by atoms with E-state index in [0.717, 1.165) is 22.6 Å². The predicted octanol–water partition coefficient (Wildman–Crippen LogP) is 6.05. The molecular formula is C24H21N3. The first-order valence-electron chi connectivity index (χ1n) is 9.03. The molecule has 0 aliphatic carbocycles. The molecule has 1 heterocycles. The first-order valence-corrected chi connectivity index (χ1v) is 9.03. The summed E-state index contributed by atoms with van der Waals surface area (Å²) in [6, 6.07) is 29.0. The van der Waals surface area contributed by atoms with Gasteiger partial charge in [0.05, 0.1) is 11.2 Å². The third kappa shape index (κ3) is 3.72. The van der Waals surface area contributed by atoms with E-state index in [-0.39, 0.29) is 0 Å². The van der Waals surface area contributed by atoms with Crippen molar-refractivity contribution < 1.29 is 0 Å². The maximum Gasteiger partial charge on any atom is 0.147 e. The Bertz CT molecular complexity index is 1100. The molecule has 4 aromatic rings. The average Bonchev–Trinajstić information content (AvgIpc) is 2.73. The second-order valence-electron chi connectivity index (χ2n) is 6.59. The van der Waals surface area contributed by atoms with Crippen LogP contribution in [-0.4, -0.2) is 10.7 Å². The van der Waals surface area contributed by atoms with Gasteiger partial charge in [0, 0.05) is 5.39 Å². The highest BCUT2D eigenvalue weighted by atomic mass is 15.3. The number of aryl methyl sites for hydroxylation is 1. The maximum absolute atomic E-state index is 4.64. The minimum atomic E-state index is 0.756. The lowest BCUT2D eigenvalue weighted by molar-refractivity contribution is 1.24. The van der Waals surface area contributed by atoms with Crippen LogP contribution in [0.25, 0.3) is 22.0 Å². The molecule has 27 heavy (non-hydrogen) atoms. The third-order valence-electron chi connectivity index (χ3n) is 4.67. The first-order chi connectivity index (χ1) is 13.2. The number of aromatic nitrogens is 1. The van der Waals surface area contributed by atoms with Crippen LogP contribution in [0.15, 0.2) is 90.0 Å². The molecule has 132 valence electrons. The molecular weight excluding hydrogens is 330 g/mol. The topological polar surface area (TPSA) is 37.3 Å². The summed E-state index contributed by atoms with van der Waals surface area (Å²) in [6.45, 7) is 4.09. The number of para-hydroxylation sites is 1. The Morgan fingerprint density at radius 1 is 0.815 bits per heavy atom. The van der Waals surface area contributed by atoms with Crippen LogP contribution >= 0.6 is 0 Å². The van der Waals surface area contributed by atoms with E-state index in [1.54, 1.807) is 0 Å². The van der Waals surface area contributed by atoms with E-state index in [1.807, 2.05) is 37.3 Å². The Balaban J connectivity index is 1.54. The lowest BCUT2D eigenvalue weighted by Gasteiger charge is -2.07. The van der Waals surface area contributed by atoms with Crippen molar-refractivity contribution >= 4 is 22.4 Å². The highest BCUT2D eigenvalue weighted by Gasteiger charge is 2.03. The minimum absolute atomic E-state index is 0.756. The lowest BCUT2D eigenvalue weighted by atomic mass is 10.0. The van der Waals surface area contributed by atoms with Crippen molar-refractivity contribution in [3.05, 3.63) is 96.1 Å². The zero-order chi connectivity index (χ0) is 18.6. The van der Waals surface area contributed by atoms with Gasteiger partial charge in [-0.2, -0.15) is 5.10 Å². The summed E-state index contributed by atoms with van der Waals surface area (Å²) >= 11 is 0. The molecule has 3 nitrogen and oxygen atoms in total. The number of nitrogens with one attached hydrogen (secondary N) is 1. The lowest BCUT2D eigenvalue weighted by Crippen LogP contribution is -2.01. The summed E-state index contributed by atoms with van der Waals surface area (Å²) in [5, 5.41) is 5.69. The fourth-order valence-corrected chi connectivity index (χ4v) is 3.15. The summed E-state index contributed by atoms with van der Waals surface area (Å²) in [5.74, 6) is 0.756. The Kier molecular flexibility index (Phi) is 4.67. The van der Waals surface area contributed by atoms with Crippen LogP contribution in [0, 0.1) is 6.92 Å². The number of hydrazone groups is 1. The van der Waals surface area contributed by atoms with Crippen LogP contribution in [0.4, 0.5) is 5.82 Å². The van der Waals surface area contributed by atoms with Gasteiger partial charge in [-0.25, -0.2) is 4.98 Å². The van der Waals surface area contributed by atoms with Crippen LogP contribution in [-0.2, 0) is 0 Å². The van der Waals surface area contributed by atoms with Gasteiger partial charge in [0.25, 0.3) is 0 Å². The highest BCUT2D eigenvalue weighted by molar-refractivity contribution is 5.99. The maximum atomic E-state index is 4.64. The van der Waals surface area contributed by atoms with Crippen LogP contribution < -0.4 is 5.43 Å². The fourth-order valence-electron chi connectivity index (χ4n) is 3.15. The van der Waals surface area contributed by atoms with Gasteiger partial charge >= 0.3 is 0 Å². The summed E-state index contributed by atoms with van der Waals surface area (Å²) in [5.41, 5.74) is 9.67. The van der Waals surface area contributed by atoms with Crippen molar-refractivity contribution in [3.63, 3.8) is 0 Å². The summed E-state index contributed by atoms with van der Waals surface area (Å²) in [6.07, 6.45) is 0. The molecule has 3 aromatic carbocycles. The van der Waals surface area contributed by atoms with E-state index in [1.165, 1.54) is 22.1 Å². The molecule has 0 spiro atoms. The smallest absolute Gasteiger partial charge is 0.147 e. The van der Waals surface area contributed by atoms with Gasteiger partial charge in [0.15, 0.2) is 0 Å². The molecule has 0 atom stereocenters. The quantitative estimate of drug-likeness (QED) is 0.359. The van der Waals surface area contributed by atoms with Crippen molar-refractivity contribution in [2.45, 2.75) is 13.8 Å². The van der Waals surface area contributed by atoms with Gasteiger partial charge < -0.3 is 0 Å². The summed E-state index contributed by atoms with van der Waals surface area (Å²) in [7, 11) is 0. The highest BCUT2D eigenvalue weighted by Crippen LogP contribution is 2.21. The number of benzene rings is 3. The second kappa shape index (κ2) is 7.42. The second-order valence-corrected chi connectivity index (χ2v) is 6.59. The average molecular weight is 351 g/mol. The van der Waals surface area contributed by atoms with Crippen molar-refractivity contribution in [2.75, 3.05) is 5.43 Å². The molecule has 0 aliphatic heterocycles. The Hall–Kier alpha value is -3.46.